The van der Waals surface area contributed by atoms with E-state index >= 15 is 0 Å². The van der Waals surface area contributed by atoms with Crippen molar-refractivity contribution in [3.63, 3.8) is 0 Å². The minimum atomic E-state index is -0.302. The van der Waals surface area contributed by atoms with Crippen LogP contribution in [-0.4, -0.2) is 26.7 Å². The number of rotatable bonds is 6. The van der Waals surface area contributed by atoms with Crippen molar-refractivity contribution in [2.45, 2.75) is 13.5 Å². The minimum Gasteiger partial charge on any atom is -0.322 e. The van der Waals surface area contributed by atoms with Crippen molar-refractivity contribution in [3.8, 4) is 0 Å². The van der Waals surface area contributed by atoms with E-state index in [-0.39, 0.29) is 11.7 Å². The SMILES string of the molecule is CC(=O)c1cccc(NC(=O)/C=C/c2cn(Cc3ccccc3)nn2)c1. The maximum Gasteiger partial charge on any atom is 0.248 e. The van der Waals surface area contributed by atoms with Crippen LogP contribution in [0.2, 0.25) is 0 Å². The van der Waals surface area contributed by atoms with E-state index in [9.17, 15) is 9.59 Å². The first-order valence-corrected chi connectivity index (χ1v) is 8.14. The van der Waals surface area contributed by atoms with E-state index < -0.39 is 0 Å². The number of Topliss-reactive ketones (excluding diaryl/α,β-unsaturated/α-hetero) is 1. The van der Waals surface area contributed by atoms with E-state index in [4.69, 9.17) is 0 Å². The van der Waals surface area contributed by atoms with Crippen LogP contribution in [0.5, 0.6) is 0 Å². The van der Waals surface area contributed by atoms with E-state index in [0.717, 1.165) is 5.56 Å². The summed E-state index contributed by atoms with van der Waals surface area (Å²) >= 11 is 0. The second-order valence-electron chi connectivity index (χ2n) is 5.79. The zero-order chi connectivity index (χ0) is 18.4. The molecule has 130 valence electrons. The van der Waals surface area contributed by atoms with Gasteiger partial charge in [0.1, 0.15) is 5.69 Å². The van der Waals surface area contributed by atoms with Crippen molar-refractivity contribution < 1.29 is 9.59 Å². The fraction of sp³-hybridized carbons (Fsp3) is 0.100. The van der Waals surface area contributed by atoms with Crippen molar-refractivity contribution in [2.24, 2.45) is 0 Å². The standard InChI is InChI=1S/C20H18N4O2/c1-15(25)17-8-5-9-18(12-17)21-20(26)11-10-19-14-24(23-22-19)13-16-6-3-2-4-7-16/h2-12,14H,13H2,1H3,(H,21,26)/b11-10+. The number of aromatic nitrogens is 3. The Kier molecular flexibility index (Phi) is 5.34. The minimum absolute atomic E-state index is 0.0494. The van der Waals surface area contributed by atoms with Crippen LogP contribution in [0.1, 0.15) is 28.5 Å². The molecule has 0 bridgehead atoms. The number of carbonyl (C=O) groups is 2. The van der Waals surface area contributed by atoms with Crippen LogP contribution in [0.3, 0.4) is 0 Å². The van der Waals surface area contributed by atoms with Gasteiger partial charge in [0.05, 0.1) is 12.7 Å². The van der Waals surface area contributed by atoms with Crippen molar-refractivity contribution in [1.82, 2.24) is 15.0 Å². The third kappa shape index (κ3) is 4.73. The van der Waals surface area contributed by atoms with Crippen molar-refractivity contribution in [2.75, 3.05) is 5.32 Å². The van der Waals surface area contributed by atoms with Gasteiger partial charge in [0.2, 0.25) is 5.91 Å². The summed E-state index contributed by atoms with van der Waals surface area (Å²) in [5.41, 5.74) is 2.83. The molecular formula is C20H18N4O2. The Bertz CT molecular complexity index is 945. The molecule has 0 saturated heterocycles. The molecule has 1 N–H and O–H groups in total. The number of ketones is 1. The van der Waals surface area contributed by atoms with Gasteiger partial charge >= 0.3 is 0 Å². The maximum absolute atomic E-state index is 12.0. The molecule has 0 spiro atoms. The monoisotopic (exact) mass is 346 g/mol. The summed E-state index contributed by atoms with van der Waals surface area (Å²) in [6.07, 6.45) is 4.75. The molecule has 0 atom stereocenters. The van der Waals surface area contributed by atoms with Gasteiger partial charge in [-0.1, -0.05) is 47.7 Å². The lowest BCUT2D eigenvalue weighted by molar-refractivity contribution is -0.111. The number of hydrogen-bond acceptors (Lipinski definition) is 4. The number of nitrogens with one attached hydrogen (secondary N) is 1. The second kappa shape index (κ2) is 8.02. The van der Waals surface area contributed by atoms with Crippen molar-refractivity contribution in [1.29, 1.82) is 0 Å². The predicted molar refractivity (Wildman–Crippen MR) is 99.7 cm³/mol. The normalized spacial score (nSPS) is 10.8. The van der Waals surface area contributed by atoms with Gasteiger partial charge in [-0.25, -0.2) is 4.68 Å². The molecule has 3 aromatic rings. The fourth-order valence-corrected chi connectivity index (χ4v) is 2.40. The molecule has 0 aliphatic rings. The Hall–Kier alpha value is -3.54. The average Bonchev–Trinajstić information content (AvgIpc) is 3.08. The molecule has 0 aliphatic heterocycles. The van der Waals surface area contributed by atoms with E-state index in [0.29, 0.717) is 23.5 Å². The first-order chi connectivity index (χ1) is 12.6. The van der Waals surface area contributed by atoms with Crippen LogP contribution in [0.15, 0.2) is 66.9 Å². The summed E-state index contributed by atoms with van der Waals surface area (Å²) < 4.78 is 1.71. The lowest BCUT2D eigenvalue weighted by atomic mass is 10.1. The summed E-state index contributed by atoms with van der Waals surface area (Å²) in [4.78, 5) is 23.4. The molecule has 3 rings (SSSR count). The van der Waals surface area contributed by atoms with Crippen LogP contribution in [0, 0.1) is 0 Å². The maximum atomic E-state index is 12.0. The highest BCUT2D eigenvalue weighted by Crippen LogP contribution is 2.11. The number of anilines is 1. The Balaban J connectivity index is 1.60. The molecular weight excluding hydrogens is 328 g/mol. The predicted octanol–water partition coefficient (Wildman–Crippen LogP) is 3.18. The zero-order valence-corrected chi connectivity index (χ0v) is 14.3. The van der Waals surface area contributed by atoms with Gasteiger partial charge in [-0.2, -0.15) is 0 Å². The van der Waals surface area contributed by atoms with Crippen molar-refractivity contribution >= 4 is 23.5 Å². The summed E-state index contributed by atoms with van der Waals surface area (Å²) in [5, 5.41) is 10.8. The Labute approximate surface area is 151 Å². The van der Waals surface area contributed by atoms with Crippen LogP contribution in [0.25, 0.3) is 6.08 Å². The van der Waals surface area contributed by atoms with Crippen LogP contribution >= 0.6 is 0 Å². The van der Waals surface area contributed by atoms with E-state index in [2.05, 4.69) is 15.6 Å². The topological polar surface area (TPSA) is 76.9 Å². The van der Waals surface area contributed by atoms with E-state index in [1.165, 1.54) is 13.0 Å². The summed E-state index contributed by atoms with van der Waals surface area (Å²) in [7, 11) is 0. The largest absolute Gasteiger partial charge is 0.322 e. The third-order valence-electron chi connectivity index (χ3n) is 3.69. The molecule has 0 unspecified atom stereocenters. The Morgan fingerprint density at radius 3 is 2.69 bits per heavy atom. The number of benzene rings is 2. The van der Waals surface area contributed by atoms with Crippen LogP contribution < -0.4 is 5.32 Å². The second-order valence-corrected chi connectivity index (χ2v) is 5.79. The molecule has 0 aliphatic carbocycles. The summed E-state index contributed by atoms with van der Waals surface area (Å²) in [5.74, 6) is -0.352. The molecule has 1 heterocycles. The molecule has 26 heavy (non-hydrogen) atoms. The van der Waals surface area contributed by atoms with Gasteiger partial charge in [0.25, 0.3) is 0 Å². The van der Waals surface area contributed by atoms with Gasteiger partial charge in [-0.3, -0.25) is 9.59 Å². The van der Waals surface area contributed by atoms with Crippen LogP contribution in [-0.2, 0) is 11.3 Å². The quantitative estimate of drug-likeness (QED) is 0.549. The molecule has 6 heteroatoms. The molecule has 1 aromatic heterocycles. The average molecular weight is 346 g/mol. The molecule has 1 amide bonds. The number of nitrogens with zero attached hydrogens (tertiary/aromatic N) is 3. The van der Waals surface area contributed by atoms with Gasteiger partial charge in [-0.15, -0.1) is 5.10 Å². The zero-order valence-electron chi connectivity index (χ0n) is 14.3. The number of amides is 1. The smallest absolute Gasteiger partial charge is 0.248 e. The first kappa shape index (κ1) is 17.3. The van der Waals surface area contributed by atoms with Gasteiger partial charge < -0.3 is 5.32 Å². The fourth-order valence-electron chi connectivity index (χ4n) is 2.40. The Morgan fingerprint density at radius 2 is 1.92 bits per heavy atom. The van der Waals surface area contributed by atoms with Crippen LogP contribution in [0.4, 0.5) is 5.69 Å². The van der Waals surface area contributed by atoms with Gasteiger partial charge in [-0.05, 0) is 30.7 Å². The molecule has 0 saturated carbocycles. The van der Waals surface area contributed by atoms with E-state index in [1.807, 2.05) is 30.3 Å². The van der Waals surface area contributed by atoms with Gasteiger partial charge in [0, 0.05) is 17.3 Å². The highest BCUT2D eigenvalue weighted by Gasteiger charge is 2.03. The summed E-state index contributed by atoms with van der Waals surface area (Å²) in [6, 6.07) is 16.7. The van der Waals surface area contributed by atoms with E-state index in [1.54, 1.807) is 41.2 Å². The molecule has 0 radical (unpaired) electrons. The van der Waals surface area contributed by atoms with Crippen molar-refractivity contribution in [3.05, 3.63) is 83.7 Å². The third-order valence-corrected chi connectivity index (χ3v) is 3.69. The molecule has 2 aromatic carbocycles. The first-order valence-electron chi connectivity index (χ1n) is 8.14. The Morgan fingerprint density at radius 1 is 1.12 bits per heavy atom. The number of carbonyl (C=O) groups excluding carboxylic acids is 2. The lowest BCUT2D eigenvalue weighted by Gasteiger charge is -2.03. The highest BCUT2D eigenvalue weighted by molar-refractivity contribution is 6.03. The molecule has 6 nitrogen and oxygen atoms in total. The number of hydrogen-bond donors (Lipinski definition) is 1. The lowest BCUT2D eigenvalue weighted by Crippen LogP contribution is -2.08. The molecule has 0 fully saturated rings. The van der Waals surface area contributed by atoms with Gasteiger partial charge in [0.15, 0.2) is 5.78 Å². The highest BCUT2D eigenvalue weighted by atomic mass is 16.1. The summed E-state index contributed by atoms with van der Waals surface area (Å²) in [6.45, 7) is 2.10.